The van der Waals surface area contributed by atoms with E-state index < -0.39 is 24.1 Å². The molecule has 0 aliphatic heterocycles. The zero-order chi connectivity index (χ0) is 36.4. The summed E-state index contributed by atoms with van der Waals surface area (Å²) < 4.78 is 45.6. The normalized spacial score (nSPS) is 12.0. The molecule has 0 N–H and O–H groups in total. The number of hydrogen-bond acceptors (Lipinski definition) is 10. The Morgan fingerprint density at radius 3 is 1.49 bits per heavy atom. The molecule has 2 unspecified atom stereocenters. The highest BCUT2D eigenvalue weighted by Gasteiger charge is 2.18. The Labute approximate surface area is 302 Å². The molecular weight excluding hydrogens is 652 g/mol. The first-order valence-electron chi connectivity index (χ1n) is 17.4. The summed E-state index contributed by atoms with van der Waals surface area (Å²) in [5.74, 6) is 0.509. The molecule has 0 saturated heterocycles. The Bertz CT molecular complexity index is 1410. The van der Waals surface area contributed by atoms with Crippen LogP contribution in [0.25, 0.3) is 0 Å². The van der Waals surface area contributed by atoms with E-state index in [9.17, 15) is 9.59 Å². The molecule has 10 heteroatoms. The summed E-state index contributed by atoms with van der Waals surface area (Å²) in [6.07, 6.45) is 3.52. The molecule has 10 nitrogen and oxygen atoms in total. The molecule has 0 fully saturated rings. The Balaban J connectivity index is 1.16. The van der Waals surface area contributed by atoms with Gasteiger partial charge in [-0.05, 0) is 55.9 Å². The Morgan fingerprint density at radius 1 is 0.588 bits per heavy atom. The maximum Gasteiger partial charge on any atom is 0.333 e. The van der Waals surface area contributed by atoms with Crippen LogP contribution in [0.3, 0.4) is 0 Å². The van der Waals surface area contributed by atoms with Crippen LogP contribution in [0.2, 0.25) is 0 Å². The van der Waals surface area contributed by atoms with Gasteiger partial charge in [0.15, 0.2) is 12.2 Å². The predicted octanol–water partition coefficient (Wildman–Crippen LogP) is 7.40. The zero-order valence-electron chi connectivity index (χ0n) is 29.7. The Hall–Kier alpha value is -4.48. The number of carbonyl (C=O) groups is 2. The highest BCUT2D eigenvalue weighted by atomic mass is 16.6. The van der Waals surface area contributed by atoms with E-state index in [-0.39, 0.29) is 13.2 Å². The van der Waals surface area contributed by atoms with E-state index >= 15 is 0 Å². The van der Waals surface area contributed by atoms with Gasteiger partial charge in [0.25, 0.3) is 0 Å². The monoisotopic (exact) mass is 704 g/mol. The predicted molar refractivity (Wildman–Crippen MR) is 195 cm³/mol. The fourth-order valence-corrected chi connectivity index (χ4v) is 4.64. The maximum absolute atomic E-state index is 12.0. The number of esters is 2. The summed E-state index contributed by atoms with van der Waals surface area (Å²) in [6.45, 7) is 13.3. The lowest BCUT2D eigenvalue weighted by Crippen LogP contribution is -2.17. The zero-order valence-corrected chi connectivity index (χ0v) is 29.7. The minimum atomic E-state index is -0.479. The molecule has 0 aliphatic rings. The minimum Gasteiger partial charge on any atom is -0.491 e. The van der Waals surface area contributed by atoms with Gasteiger partial charge >= 0.3 is 11.9 Å². The Kier molecular flexibility index (Phi) is 20.4. The maximum atomic E-state index is 12.0. The van der Waals surface area contributed by atoms with Crippen LogP contribution < -0.4 is 9.47 Å². The molecule has 0 heterocycles. The van der Waals surface area contributed by atoms with Gasteiger partial charge in [-0.1, -0.05) is 79.9 Å². The first-order valence-corrected chi connectivity index (χ1v) is 17.4. The molecule has 0 bridgehead atoms. The van der Waals surface area contributed by atoms with Gasteiger partial charge in [-0.3, -0.25) is 0 Å². The minimum absolute atomic E-state index is 0.278. The molecule has 0 amide bonds. The number of rotatable bonds is 28. The van der Waals surface area contributed by atoms with Crippen molar-refractivity contribution in [2.45, 2.75) is 44.8 Å². The van der Waals surface area contributed by atoms with Gasteiger partial charge in [0.2, 0.25) is 0 Å². The summed E-state index contributed by atoms with van der Waals surface area (Å²) >= 11 is 0. The molecule has 51 heavy (non-hydrogen) atoms. The summed E-state index contributed by atoms with van der Waals surface area (Å²) in [4.78, 5) is 23.7. The fourth-order valence-electron chi connectivity index (χ4n) is 4.64. The quantitative estimate of drug-likeness (QED) is 0.0431. The lowest BCUT2D eigenvalue weighted by Gasteiger charge is -2.18. The van der Waals surface area contributed by atoms with Crippen LogP contribution in [0.1, 0.15) is 55.9 Å². The molecule has 3 aromatic rings. The number of benzene rings is 3. The van der Waals surface area contributed by atoms with E-state index in [0.29, 0.717) is 69.9 Å². The molecule has 0 spiro atoms. The van der Waals surface area contributed by atoms with Gasteiger partial charge < -0.3 is 37.9 Å². The third kappa shape index (κ3) is 17.8. The van der Waals surface area contributed by atoms with Gasteiger partial charge in [-0.2, -0.15) is 0 Å². The van der Waals surface area contributed by atoms with Crippen LogP contribution in [0.15, 0.2) is 110 Å². The van der Waals surface area contributed by atoms with Gasteiger partial charge in [0.05, 0.1) is 26.4 Å². The topological polar surface area (TPSA) is 108 Å². The van der Waals surface area contributed by atoms with E-state index in [1.54, 1.807) is 6.92 Å². The second-order valence-electron chi connectivity index (χ2n) is 11.6. The standard InChI is InChI=1S/C41H52O10/c1-4-40(42)50-38(34-16-7-5-8-17-34)31-46-24-13-11-22-44-26-28-48-36-20-15-21-37(30-36)49-29-27-45-23-12-14-25-47-32-39(51-41(43)33(2)3)35-18-9-6-10-19-35/h4-10,15-21,30,38-39H,1-2,11-14,22-29,31-32H2,3H3. The van der Waals surface area contributed by atoms with E-state index in [4.69, 9.17) is 37.9 Å². The van der Waals surface area contributed by atoms with E-state index in [2.05, 4.69) is 13.2 Å². The first-order chi connectivity index (χ1) is 25.0. The lowest BCUT2D eigenvalue weighted by molar-refractivity contribution is -0.148. The number of hydrogen-bond donors (Lipinski definition) is 0. The molecule has 0 saturated carbocycles. The van der Waals surface area contributed by atoms with Crippen LogP contribution in [0, 0.1) is 0 Å². The van der Waals surface area contributed by atoms with Gasteiger partial charge in [0, 0.05) is 44.1 Å². The highest BCUT2D eigenvalue weighted by Crippen LogP contribution is 2.21. The van der Waals surface area contributed by atoms with Crippen LogP contribution in [0.4, 0.5) is 0 Å². The summed E-state index contributed by atoms with van der Waals surface area (Å²) in [6, 6.07) is 26.6. The largest absolute Gasteiger partial charge is 0.491 e. The van der Waals surface area contributed by atoms with Crippen LogP contribution in [-0.4, -0.2) is 78.0 Å². The van der Waals surface area contributed by atoms with Gasteiger partial charge in [-0.25, -0.2) is 9.59 Å². The van der Waals surface area contributed by atoms with Crippen molar-refractivity contribution in [3.63, 3.8) is 0 Å². The summed E-state index contributed by atoms with van der Waals surface area (Å²) in [5, 5.41) is 0. The van der Waals surface area contributed by atoms with Gasteiger partial charge in [0.1, 0.15) is 24.7 Å². The molecular formula is C41H52O10. The van der Waals surface area contributed by atoms with Crippen molar-refractivity contribution in [1.82, 2.24) is 0 Å². The second-order valence-corrected chi connectivity index (χ2v) is 11.6. The molecule has 3 aromatic carbocycles. The third-order valence-corrected chi connectivity index (χ3v) is 7.36. The van der Waals surface area contributed by atoms with E-state index in [1.165, 1.54) is 0 Å². The summed E-state index contributed by atoms with van der Waals surface area (Å²) in [5.41, 5.74) is 2.12. The van der Waals surface area contributed by atoms with Crippen molar-refractivity contribution in [3.05, 3.63) is 121 Å². The smallest absolute Gasteiger partial charge is 0.333 e. The molecule has 0 aliphatic carbocycles. The van der Waals surface area contributed by atoms with E-state index in [1.807, 2.05) is 84.9 Å². The third-order valence-electron chi connectivity index (χ3n) is 7.36. The summed E-state index contributed by atoms with van der Waals surface area (Å²) in [7, 11) is 0. The number of ether oxygens (including phenoxy) is 8. The lowest BCUT2D eigenvalue weighted by atomic mass is 10.1. The van der Waals surface area contributed by atoms with Crippen molar-refractivity contribution in [3.8, 4) is 11.5 Å². The Morgan fingerprint density at radius 2 is 1.04 bits per heavy atom. The van der Waals surface area contributed by atoms with Crippen molar-refractivity contribution in [2.75, 3.05) is 66.1 Å². The second kappa shape index (κ2) is 25.5. The molecule has 276 valence electrons. The van der Waals surface area contributed by atoms with Crippen LogP contribution >= 0.6 is 0 Å². The van der Waals surface area contributed by atoms with Crippen LogP contribution in [-0.2, 0) is 38.0 Å². The first kappa shape index (κ1) is 40.9. The van der Waals surface area contributed by atoms with E-state index in [0.717, 1.165) is 42.9 Å². The molecule has 0 radical (unpaired) electrons. The van der Waals surface area contributed by atoms with Crippen molar-refractivity contribution in [2.24, 2.45) is 0 Å². The average molecular weight is 705 g/mol. The molecule has 3 rings (SSSR count). The number of carbonyl (C=O) groups excluding carboxylic acids is 2. The molecule has 2 atom stereocenters. The van der Waals surface area contributed by atoms with Gasteiger partial charge in [-0.15, -0.1) is 0 Å². The SMILES string of the molecule is C=CC(=O)OC(COCCCCOCCOc1cccc(OCCOCCCCOCC(OC(=O)C(=C)C)c2ccccc2)c1)c1ccccc1. The fraction of sp³-hybridized carbons (Fsp3) is 0.415. The average Bonchev–Trinajstić information content (AvgIpc) is 3.15. The molecule has 0 aromatic heterocycles. The van der Waals surface area contributed by atoms with Crippen LogP contribution in [0.5, 0.6) is 11.5 Å². The highest BCUT2D eigenvalue weighted by molar-refractivity contribution is 5.87. The van der Waals surface area contributed by atoms with Crippen molar-refractivity contribution < 1.29 is 47.5 Å². The number of unbranched alkanes of at least 4 members (excludes halogenated alkanes) is 2. The van der Waals surface area contributed by atoms with Crippen molar-refractivity contribution >= 4 is 11.9 Å². The van der Waals surface area contributed by atoms with Crippen molar-refractivity contribution in [1.29, 1.82) is 0 Å².